The first-order valence-corrected chi connectivity index (χ1v) is 8.40. The highest BCUT2D eigenvalue weighted by atomic mass is 35.5. The first-order valence-electron chi connectivity index (χ1n) is 7.65. The van der Waals surface area contributed by atoms with E-state index in [0.717, 1.165) is 0 Å². The van der Waals surface area contributed by atoms with E-state index in [9.17, 15) is 9.59 Å². The Kier molecular flexibility index (Phi) is 5.80. The molecule has 5 nitrogen and oxygen atoms in total. The molecule has 2 rings (SSSR count). The van der Waals surface area contributed by atoms with Crippen LogP contribution in [0.2, 0.25) is 10.0 Å². The fourth-order valence-electron chi connectivity index (χ4n) is 2.02. The van der Waals surface area contributed by atoms with Crippen molar-refractivity contribution in [2.24, 2.45) is 0 Å². The van der Waals surface area contributed by atoms with Gasteiger partial charge >= 0.3 is 5.97 Å². The average molecular weight is 384 g/mol. The predicted molar refractivity (Wildman–Crippen MR) is 96.9 cm³/mol. The van der Waals surface area contributed by atoms with Crippen LogP contribution in [0.15, 0.2) is 34.7 Å². The standard InChI is InChI=1S/C18H19Cl2NO4/c1-10(16(22)21-18(2,3)4)24-17(23)15-8-7-14(25-15)12-9-11(19)5-6-13(12)20/h5-10H,1-4H3,(H,21,22)/t10-/m1/s1. The quantitative estimate of drug-likeness (QED) is 0.775. The van der Waals surface area contributed by atoms with Crippen LogP contribution in [0.1, 0.15) is 38.2 Å². The largest absolute Gasteiger partial charge is 0.449 e. The first-order chi connectivity index (χ1) is 11.6. The van der Waals surface area contributed by atoms with Gasteiger partial charge in [0.2, 0.25) is 5.76 Å². The molecule has 1 atom stereocenters. The molecule has 1 N–H and O–H groups in total. The zero-order valence-corrected chi connectivity index (χ0v) is 15.9. The number of furan rings is 1. The number of hydrogen-bond acceptors (Lipinski definition) is 4. The van der Waals surface area contributed by atoms with Crippen molar-refractivity contribution < 1.29 is 18.7 Å². The van der Waals surface area contributed by atoms with Gasteiger partial charge in [0.25, 0.3) is 5.91 Å². The van der Waals surface area contributed by atoms with E-state index in [0.29, 0.717) is 21.4 Å². The van der Waals surface area contributed by atoms with E-state index in [1.165, 1.54) is 13.0 Å². The van der Waals surface area contributed by atoms with Crippen molar-refractivity contribution in [2.45, 2.75) is 39.3 Å². The number of rotatable bonds is 4. The molecule has 0 aliphatic rings. The minimum Gasteiger partial charge on any atom is -0.449 e. The Morgan fingerprint density at radius 3 is 2.48 bits per heavy atom. The Hall–Kier alpha value is -1.98. The third-order valence-electron chi connectivity index (χ3n) is 3.15. The Morgan fingerprint density at radius 2 is 1.84 bits per heavy atom. The summed E-state index contributed by atoms with van der Waals surface area (Å²) in [5, 5.41) is 3.68. The van der Waals surface area contributed by atoms with Crippen LogP contribution in [-0.4, -0.2) is 23.5 Å². The lowest BCUT2D eigenvalue weighted by molar-refractivity contribution is -0.130. The first kappa shape index (κ1) is 19.3. The van der Waals surface area contributed by atoms with Gasteiger partial charge in [0.05, 0.1) is 5.02 Å². The van der Waals surface area contributed by atoms with Gasteiger partial charge in [0.1, 0.15) is 5.76 Å². The highest BCUT2D eigenvalue weighted by Gasteiger charge is 2.24. The monoisotopic (exact) mass is 383 g/mol. The Balaban J connectivity index is 2.10. The second-order valence-electron chi connectivity index (χ2n) is 6.57. The van der Waals surface area contributed by atoms with Gasteiger partial charge < -0.3 is 14.5 Å². The van der Waals surface area contributed by atoms with E-state index in [2.05, 4.69) is 5.32 Å². The fraction of sp³-hybridized carbons (Fsp3) is 0.333. The van der Waals surface area contributed by atoms with E-state index >= 15 is 0 Å². The van der Waals surface area contributed by atoms with Crippen LogP contribution in [0, 0.1) is 0 Å². The normalized spacial score (nSPS) is 12.6. The molecule has 0 fully saturated rings. The number of hydrogen-bond donors (Lipinski definition) is 1. The minimum absolute atomic E-state index is 0.0264. The lowest BCUT2D eigenvalue weighted by Crippen LogP contribution is -2.46. The minimum atomic E-state index is -0.949. The number of nitrogens with one attached hydrogen (secondary N) is 1. The number of benzene rings is 1. The summed E-state index contributed by atoms with van der Waals surface area (Å²) >= 11 is 12.1. The highest BCUT2D eigenvalue weighted by Crippen LogP contribution is 2.32. The second kappa shape index (κ2) is 7.50. The number of esters is 1. The molecular formula is C18H19Cl2NO4. The van der Waals surface area contributed by atoms with Gasteiger partial charge in [-0.2, -0.15) is 0 Å². The molecular weight excluding hydrogens is 365 g/mol. The number of carbonyl (C=O) groups is 2. The molecule has 7 heteroatoms. The van der Waals surface area contributed by atoms with Crippen molar-refractivity contribution in [1.82, 2.24) is 5.32 Å². The molecule has 0 radical (unpaired) electrons. The molecule has 0 saturated carbocycles. The molecule has 1 aromatic carbocycles. The van der Waals surface area contributed by atoms with Crippen LogP contribution in [0.4, 0.5) is 0 Å². The van der Waals surface area contributed by atoms with Crippen LogP contribution in [-0.2, 0) is 9.53 Å². The number of ether oxygens (including phenoxy) is 1. The molecule has 2 aromatic rings. The van der Waals surface area contributed by atoms with Crippen LogP contribution in [0.5, 0.6) is 0 Å². The van der Waals surface area contributed by atoms with E-state index in [1.807, 2.05) is 20.8 Å². The zero-order valence-electron chi connectivity index (χ0n) is 14.4. The van der Waals surface area contributed by atoms with Gasteiger partial charge in [0.15, 0.2) is 6.10 Å². The topological polar surface area (TPSA) is 68.5 Å². The van der Waals surface area contributed by atoms with Crippen molar-refractivity contribution in [1.29, 1.82) is 0 Å². The molecule has 0 spiro atoms. The lowest BCUT2D eigenvalue weighted by Gasteiger charge is -2.22. The molecule has 1 amide bonds. The molecule has 0 bridgehead atoms. The third-order valence-corrected chi connectivity index (χ3v) is 3.72. The van der Waals surface area contributed by atoms with Crippen molar-refractivity contribution in [3.63, 3.8) is 0 Å². The van der Waals surface area contributed by atoms with Gasteiger partial charge in [-0.25, -0.2) is 4.79 Å². The Bertz CT molecular complexity index is 793. The van der Waals surface area contributed by atoms with Crippen LogP contribution < -0.4 is 5.32 Å². The molecule has 25 heavy (non-hydrogen) atoms. The van der Waals surface area contributed by atoms with Gasteiger partial charge in [-0.3, -0.25) is 4.79 Å². The zero-order chi connectivity index (χ0) is 18.8. The maximum absolute atomic E-state index is 12.2. The summed E-state index contributed by atoms with van der Waals surface area (Å²) in [5.74, 6) is -0.765. The summed E-state index contributed by atoms with van der Waals surface area (Å²) in [6.07, 6.45) is -0.949. The van der Waals surface area contributed by atoms with Gasteiger partial charge in [-0.05, 0) is 58.0 Å². The third kappa shape index (κ3) is 5.25. The van der Waals surface area contributed by atoms with E-state index in [1.54, 1.807) is 24.3 Å². The number of halogens is 2. The molecule has 1 heterocycles. The van der Waals surface area contributed by atoms with E-state index < -0.39 is 17.6 Å². The maximum Gasteiger partial charge on any atom is 0.375 e. The lowest BCUT2D eigenvalue weighted by atomic mass is 10.1. The molecule has 0 saturated heterocycles. The van der Waals surface area contributed by atoms with Gasteiger partial charge in [0, 0.05) is 16.1 Å². The van der Waals surface area contributed by atoms with Gasteiger partial charge in [-0.1, -0.05) is 23.2 Å². The van der Waals surface area contributed by atoms with Crippen LogP contribution in [0.3, 0.4) is 0 Å². The van der Waals surface area contributed by atoms with Crippen molar-refractivity contribution >= 4 is 35.1 Å². The molecule has 134 valence electrons. The summed E-state index contributed by atoms with van der Waals surface area (Å²) in [6, 6.07) is 7.98. The van der Waals surface area contributed by atoms with Crippen LogP contribution in [0.25, 0.3) is 11.3 Å². The Morgan fingerprint density at radius 1 is 1.16 bits per heavy atom. The van der Waals surface area contributed by atoms with Gasteiger partial charge in [-0.15, -0.1) is 0 Å². The summed E-state index contributed by atoms with van der Waals surface area (Å²) in [6.45, 7) is 7.02. The van der Waals surface area contributed by atoms with Crippen LogP contribution >= 0.6 is 23.2 Å². The smallest absolute Gasteiger partial charge is 0.375 e. The van der Waals surface area contributed by atoms with Crippen molar-refractivity contribution in [2.75, 3.05) is 0 Å². The van der Waals surface area contributed by atoms with E-state index in [-0.39, 0.29) is 11.7 Å². The van der Waals surface area contributed by atoms with Crippen molar-refractivity contribution in [3.8, 4) is 11.3 Å². The molecule has 0 unspecified atom stereocenters. The highest BCUT2D eigenvalue weighted by molar-refractivity contribution is 6.35. The maximum atomic E-state index is 12.2. The van der Waals surface area contributed by atoms with E-state index in [4.69, 9.17) is 32.4 Å². The second-order valence-corrected chi connectivity index (χ2v) is 7.42. The summed E-state index contributed by atoms with van der Waals surface area (Å²) in [7, 11) is 0. The summed E-state index contributed by atoms with van der Waals surface area (Å²) in [4.78, 5) is 24.1. The number of amides is 1. The average Bonchev–Trinajstić information content (AvgIpc) is 2.97. The Labute approximate surface area is 156 Å². The molecule has 1 aromatic heterocycles. The molecule has 0 aliphatic heterocycles. The fourth-order valence-corrected chi connectivity index (χ4v) is 2.40. The predicted octanol–water partition coefficient (Wildman–Crippen LogP) is 4.71. The molecule has 0 aliphatic carbocycles. The number of carbonyl (C=O) groups excluding carboxylic acids is 2. The summed E-state index contributed by atoms with van der Waals surface area (Å²) < 4.78 is 10.6. The van der Waals surface area contributed by atoms with Crippen molar-refractivity contribution in [3.05, 3.63) is 46.1 Å². The SMILES string of the molecule is C[C@@H](OC(=O)c1ccc(-c2cc(Cl)ccc2Cl)o1)C(=O)NC(C)(C)C. The summed E-state index contributed by atoms with van der Waals surface area (Å²) in [5.41, 5.74) is 0.144.